The van der Waals surface area contributed by atoms with Crippen LogP contribution in [-0.2, 0) is 0 Å². The van der Waals surface area contributed by atoms with Crippen molar-refractivity contribution in [2.24, 2.45) is 0 Å². The van der Waals surface area contributed by atoms with Crippen molar-refractivity contribution in [3.8, 4) is 0 Å². The molecule has 1 fully saturated rings. The van der Waals surface area contributed by atoms with Gasteiger partial charge in [-0.1, -0.05) is 18.2 Å². The van der Waals surface area contributed by atoms with Crippen molar-refractivity contribution in [1.82, 2.24) is 4.90 Å². The summed E-state index contributed by atoms with van der Waals surface area (Å²) < 4.78 is 26.3. The van der Waals surface area contributed by atoms with E-state index in [0.717, 1.165) is 18.4 Å². The maximum atomic E-state index is 13.3. The maximum absolute atomic E-state index is 13.3. The molecule has 108 valence electrons. The quantitative estimate of drug-likeness (QED) is 0.819. The smallest absolute Gasteiger partial charge is 0.254 e. The fourth-order valence-electron chi connectivity index (χ4n) is 2.83. The molecule has 1 aliphatic rings. The van der Waals surface area contributed by atoms with Crippen LogP contribution in [0.5, 0.6) is 0 Å². The van der Waals surface area contributed by atoms with Crippen LogP contribution in [0.25, 0.3) is 0 Å². The zero-order chi connectivity index (χ0) is 14.8. The molecule has 0 bridgehead atoms. The first kappa shape index (κ1) is 13.7. The van der Waals surface area contributed by atoms with Crippen molar-refractivity contribution in [3.63, 3.8) is 0 Å². The van der Waals surface area contributed by atoms with E-state index in [9.17, 15) is 13.6 Å². The van der Waals surface area contributed by atoms with Crippen LogP contribution in [0.4, 0.5) is 8.78 Å². The van der Waals surface area contributed by atoms with E-state index in [2.05, 4.69) is 0 Å². The van der Waals surface area contributed by atoms with E-state index in [1.54, 1.807) is 23.1 Å². The lowest BCUT2D eigenvalue weighted by Gasteiger charge is -2.25. The minimum absolute atomic E-state index is 0.0682. The van der Waals surface area contributed by atoms with Crippen LogP contribution >= 0.6 is 0 Å². The Morgan fingerprint density at radius 2 is 1.81 bits per heavy atom. The highest BCUT2D eigenvalue weighted by atomic mass is 19.1. The molecule has 2 aromatic rings. The molecule has 0 aromatic heterocycles. The van der Waals surface area contributed by atoms with Gasteiger partial charge in [0.2, 0.25) is 0 Å². The second-order valence-corrected chi connectivity index (χ2v) is 5.22. The summed E-state index contributed by atoms with van der Waals surface area (Å²) in [5.74, 6) is -0.889. The van der Waals surface area contributed by atoms with E-state index in [4.69, 9.17) is 0 Å². The van der Waals surface area contributed by atoms with Gasteiger partial charge in [0.05, 0.1) is 6.04 Å². The number of carbonyl (C=O) groups excluding carboxylic acids is 1. The van der Waals surface area contributed by atoms with Crippen molar-refractivity contribution in [2.75, 3.05) is 6.54 Å². The van der Waals surface area contributed by atoms with Gasteiger partial charge in [-0.05, 0) is 48.7 Å². The lowest BCUT2D eigenvalue weighted by molar-refractivity contribution is 0.0735. The second-order valence-electron chi connectivity index (χ2n) is 5.22. The standard InChI is InChI=1S/C17H15F2NO/c18-14-8-6-12(7-9-14)16-5-2-10-20(16)17(21)13-3-1-4-15(19)11-13/h1,3-4,6-9,11,16H,2,5,10H2/t16-/m0/s1. The predicted molar refractivity (Wildman–Crippen MR) is 75.8 cm³/mol. The van der Waals surface area contributed by atoms with Crippen molar-refractivity contribution in [3.05, 3.63) is 71.3 Å². The Balaban J connectivity index is 1.87. The van der Waals surface area contributed by atoms with Gasteiger partial charge in [0.15, 0.2) is 0 Å². The molecule has 0 unspecified atom stereocenters. The number of amides is 1. The Labute approximate surface area is 122 Å². The van der Waals surface area contributed by atoms with Gasteiger partial charge in [-0.3, -0.25) is 4.79 Å². The lowest BCUT2D eigenvalue weighted by Crippen LogP contribution is -2.30. The molecule has 3 rings (SSSR count). The number of likely N-dealkylation sites (tertiary alicyclic amines) is 1. The van der Waals surface area contributed by atoms with E-state index < -0.39 is 5.82 Å². The largest absolute Gasteiger partial charge is 0.332 e. The number of hydrogen-bond donors (Lipinski definition) is 0. The number of carbonyl (C=O) groups is 1. The second kappa shape index (κ2) is 5.64. The number of hydrogen-bond acceptors (Lipinski definition) is 1. The third-order valence-corrected chi connectivity index (χ3v) is 3.84. The maximum Gasteiger partial charge on any atom is 0.254 e. The molecular formula is C17H15F2NO. The fourth-order valence-corrected chi connectivity index (χ4v) is 2.83. The lowest BCUT2D eigenvalue weighted by atomic mass is 10.0. The van der Waals surface area contributed by atoms with E-state index in [-0.39, 0.29) is 17.8 Å². The number of benzene rings is 2. The highest BCUT2D eigenvalue weighted by Gasteiger charge is 2.30. The molecule has 2 aromatic carbocycles. The third-order valence-electron chi connectivity index (χ3n) is 3.84. The Kier molecular flexibility index (Phi) is 3.69. The van der Waals surface area contributed by atoms with Crippen LogP contribution in [0.2, 0.25) is 0 Å². The van der Waals surface area contributed by atoms with Crippen molar-refractivity contribution in [2.45, 2.75) is 18.9 Å². The van der Waals surface area contributed by atoms with Crippen LogP contribution < -0.4 is 0 Å². The number of rotatable bonds is 2. The molecule has 1 aliphatic heterocycles. The van der Waals surface area contributed by atoms with Gasteiger partial charge in [0.25, 0.3) is 5.91 Å². The predicted octanol–water partition coefficient (Wildman–Crippen LogP) is 3.94. The van der Waals surface area contributed by atoms with Gasteiger partial charge in [0, 0.05) is 12.1 Å². The highest BCUT2D eigenvalue weighted by molar-refractivity contribution is 5.94. The molecule has 21 heavy (non-hydrogen) atoms. The fraction of sp³-hybridized carbons (Fsp3) is 0.235. The van der Waals surface area contributed by atoms with E-state index in [1.807, 2.05) is 0 Å². The van der Waals surface area contributed by atoms with Crippen LogP contribution in [0, 0.1) is 11.6 Å². The summed E-state index contributed by atoms with van der Waals surface area (Å²) in [6.45, 7) is 0.636. The first-order chi connectivity index (χ1) is 10.1. The molecule has 0 aliphatic carbocycles. The molecule has 4 heteroatoms. The minimum Gasteiger partial charge on any atom is -0.332 e. The number of nitrogens with zero attached hydrogens (tertiary/aromatic N) is 1. The zero-order valence-corrected chi connectivity index (χ0v) is 11.4. The van der Waals surface area contributed by atoms with E-state index in [1.165, 1.54) is 30.3 Å². The normalized spacial score (nSPS) is 18.0. The monoisotopic (exact) mass is 287 g/mol. The first-order valence-electron chi connectivity index (χ1n) is 6.97. The zero-order valence-electron chi connectivity index (χ0n) is 11.4. The van der Waals surface area contributed by atoms with Gasteiger partial charge in [-0.15, -0.1) is 0 Å². The van der Waals surface area contributed by atoms with Crippen molar-refractivity contribution >= 4 is 5.91 Å². The summed E-state index contributed by atoms with van der Waals surface area (Å²) in [6, 6.07) is 11.9. The molecule has 1 saturated heterocycles. The van der Waals surface area contributed by atoms with Gasteiger partial charge in [-0.25, -0.2) is 8.78 Å². The van der Waals surface area contributed by atoms with Crippen LogP contribution in [-0.4, -0.2) is 17.4 Å². The Morgan fingerprint density at radius 3 is 2.52 bits per heavy atom. The molecule has 1 heterocycles. The minimum atomic E-state index is -0.418. The van der Waals surface area contributed by atoms with Gasteiger partial charge in [0.1, 0.15) is 11.6 Å². The average molecular weight is 287 g/mol. The molecule has 0 spiro atoms. The SMILES string of the molecule is O=C(c1cccc(F)c1)N1CCC[C@H]1c1ccc(F)cc1. The summed E-state index contributed by atoms with van der Waals surface area (Å²) in [5.41, 5.74) is 1.27. The van der Waals surface area contributed by atoms with Gasteiger partial charge in [-0.2, -0.15) is 0 Å². The molecular weight excluding hydrogens is 272 g/mol. The Hall–Kier alpha value is -2.23. The topological polar surface area (TPSA) is 20.3 Å². The molecule has 0 N–H and O–H groups in total. The molecule has 0 saturated carbocycles. The Bertz CT molecular complexity index is 654. The molecule has 2 nitrogen and oxygen atoms in total. The van der Waals surface area contributed by atoms with E-state index >= 15 is 0 Å². The molecule has 0 radical (unpaired) electrons. The summed E-state index contributed by atoms with van der Waals surface area (Å²) in [5, 5.41) is 0. The average Bonchev–Trinajstić information content (AvgIpc) is 2.96. The Morgan fingerprint density at radius 1 is 1.05 bits per heavy atom. The summed E-state index contributed by atoms with van der Waals surface area (Å²) in [4.78, 5) is 14.3. The number of halogens is 2. The van der Waals surface area contributed by atoms with Crippen LogP contribution in [0.1, 0.15) is 34.8 Å². The van der Waals surface area contributed by atoms with Gasteiger partial charge >= 0.3 is 0 Å². The summed E-state index contributed by atoms with van der Waals surface area (Å²) >= 11 is 0. The molecule has 1 amide bonds. The third kappa shape index (κ3) is 2.79. The van der Waals surface area contributed by atoms with Crippen molar-refractivity contribution in [1.29, 1.82) is 0 Å². The first-order valence-corrected chi connectivity index (χ1v) is 6.97. The van der Waals surface area contributed by atoms with Gasteiger partial charge < -0.3 is 4.90 Å². The van der Waals surface area contributed by atoms with E-state index in [0.29, 0.717) is 12.1 Å². The van der Waals surface area contributed by atoms with Crippen LogP contribution in [0.3, 0.4) is 0 Å². The van der Waals surface area contributed by atoms with Crippen molar-refractivity contribution < 1.29 is 13.6 Å². The summed E-state index contributed by atoms with van der Waals surface area (Å²) in [6.07, 6.45) is 1.73. The summed E-state index contributed by atoms with van der Waals surface area (Å²) in [7, 11) is 0. The highest BCUT2D eigenvalue weighted by Crippen LogP contribution is 2.33. The van der Waals surface area contributed by atoms with Crippen LogP contribution in [0.15, 0.2) is 48.5 Å². The molecule has 1 atom stereocenters.